The molecule has 1 unspecified atom stereocenters. The third kappa shape index (κ3) is 6.46. The molecule has 2 N–H and O–H groups in total. The summed E-state index contributed by atoms with van der Waals surface area (Å²) in [7, 11) is 1.82. The first kappa shape index (κ1) is 22.6. The second-order valence-corrected chi connectivity index (χ2v) is 7.29. The minimum absolute atomic E-state index is 0. The lowest BCUT2D eigenvalue weighted by molar-refractivity contribution is 0.593. The maximum Gasteiger partial charge on any atom is 0.190 e. The lowest BCUT2D eigenvalue weighted by Crippen LogP contribution is -2.39. The van der Waals surface area contributed by atoms with E-state index in [-0.39, 0.29) is 24.0 Å². The number of rotatable bonds is 7. The predicted molar refractivity (Wildman–Crippen MR) is 126 cm³/mol. The van der Waals surface area contributed by atoms with Gasteiger partial charge in [-0.15, -0.1) is 34.2 Å². The second kappa shape index (κ2) is 12.0. The zero-order valence-corrected chi connectivity index (χ0v) is 19.4. The number of aliphatic imine (C=N–C) groups is 1. The Labute approximate surface area is 185 Å². The average Bonchev–Trinajstić information content (AvgIpc) is 2.94. The number of guanidine groups is 1. The van der Waals surface area contributed by atoms with E-state index in [9.17, 15) is 0 Å². The highest BCUT2D eigenvalue weighted by Crippen LogP contribution is 2.15. The zero-order valence-electron chi connectivity index (χ0n) is 17.0. The molecule has 1 atom stereocenters. The number of halogens is 1. The van der Waals surface area contributed by atoms with Gasteiger partial charge >= 0.3 is 0 Å². The summed E-state index contributed by atoms with van der Waals surface area (Å²) in [5, 5.41) is 15.6. The molecule has 2 aromatic rings. The second-order valence-electron chi connectivity index (χ2n) is 7.29. The van der Waals surface area contributed by atoms with Gasteiger partial charge in [0.2, 0.25) is 0 Å². The molecule has 0 saturated carbocycles. The summed E-state index contributed by atoms with van der Waals surface area (Å²) >= 11 is 0. The Kier molecular flexibility index (Phi) is 9.73. The lowest BCUT2D eigenvalue weighted by atomic mass is 10.0. The molecule has 0 amide bonds. The Bertz CT molecular complexity index is 728. The van der Waals surface area contributed by atoms with Gasteiger partial charge < -0.3 is 15.2 Å². The predicted octanol–water partition coefficient (Wildman–Crippen LogP) is 3.52. The molecule has 0 aliphatic carbocycles. The standard InChI is InChI=1S/C21H32N6.HI/c1-17(18-10-5-3-6-11-18)16-24-21(22-2)23-14-9-13-20-26-25-19-12-7-4-8-15-27(19)20;/h3,5-6,10-11,17H,4,7-9,12-16H2,1-2H3,(H2,22,23,24);1H. The van der Waals surface area contributed by atoms with E-state index >= 15 is 0 Å². The monoisotopic (exact) mass is 496 g/mol. The molecular formula is C21H33IN6. The van der Waals surface area contributed by atoms with Gasteiger partial charge in [-0.1, -0.05) is 43.7 Å². The maximum atomic E-state index is 4.41. The van der Waals surface area contributed by atoms with Gasteiger partial charge in [-0.2, -0.15) is 0 Å². The summed E-state index contributed by atoms with van der Waals surface area (Å²) in [6, 6.07) is 10.6. The Morgan fingerprint density at radius 1 is 1.14 bits per heavy atom. The first-order valence-corrected chi connectivity index (χ1v) is 10.2. The smallest absolute Gasteiger partial charge is 0.190 e. The fraction of sp³-hybridized carbons (Fsp3) is 0.571. The van der Waals surface area contributed by atoms with Gasteiger partial charge in [0.1, 0.15) is 11.6 Å². The van der Waals surface area contributed by atoms with Crippen LogP contribution in [0.2, 0.25) is 0 Å². The molecular weight excluding hydrogens is 463 g/mol. The van der Waals surface area contributed by atoms with Crippen LogP contribution in [0.4, 0.5) is 0 Å². The number of nitrogens with one attached hydrogen (secondary N) is 2. The number of aryl methyl sites for hydroxylation is 2. The zero-order chi connectivity index (χ0) is 18.9. The van der Waals surface area contributed by atoms with Gasteiger partial charge in [0.25, 0.3) is 0 Å². The molecule has 7 heteroatoms. The highest BCUT2D eigenvalue weighted by Gasteiger charge is 2.14. The highest BCUT2D eigenvalue weighted by molar-refractivity contribution is 14.0. The Balaban J connectivity index is 0.00000280. The topological polar surface area (TPSA) is 67.1 Å². The minimum atomic E-state index is 0. The van der Waals surface area contributed by atoms with Crippen molar-refractivity contribution in [3.63, 3.8) is 0 Å². The van der Waals surface area contributed by atoms with Crippen LogP contribution in [0.25, 0.3) is 0 Å². The third-order valence-electron chi connectivity index (χ3n) is 5.22. The van der Waals surface area contributed by atoms with Crippen LogP contribution in [0.5, 0.6) is 0 Å². The van der Waals surface area contributed by atoms with Gasteiger partial charge in [-0.05, 0) is 30.7 Å². The van der Waals surface area contributed by atoms with E-state index in [0.717, 1.165) is 50.7 Å². The van der Waals surface area contributed by atoms with Crippen molar-refractivity contribution in [1.82, 2.24) is 25.4 Å². The van der Waals surface area contributed by atoms with Gasteiger partial charge in [0.05, 0.1) is 0 Å². The van der Waals surface area contributed by atoms with E-state index < -0.39 is 0 Å². The molecule has 1 aromatic heterocycles. The molecule has 154 valence electrons. The summed E-state index contributed by atoms with van der Waals surface area (Å²) in [5.41, 5.74) is 1.34. The van der Waals surface area contributed by atoms with Crippen molar-refractivity contribution in [2.24, 2.45) is 4.99 Å². The quantitative estimate of drug-likeness (QED) is 0.267. The number of nitrogens with zero attached hydrogens (tertiary/aromatic N) is 4. The molecule has 3 rings (SSSR count). The minimum Gasteiger partial charge on any atom is -0.356 e. The summed E-state index contributed by atoms with van der Waals surface area (Å²) in [6.45, 7) is 5.04. The Hall–Kier alpha value is -1.64. The van der Waals surface area contributed by atoms with Crippen molar-refractivity contribution >= 4 is 29.9 Å². The number of aromatic nitrogens is 3. The van der Waals surface area contributed by atoms with Crippen LogP contribution < -0.4 is 10.6 Å². The van der Waals surface area contributed by atoms with Crippen LogP contribution in [0.3, 0.4) is 0 Å². The Morgan fingerprint density at radius 2 is 1.96 bits per heavy atom. The number of fused-ring (bicyclic) bond motifs is 1. The first-order valence-electron chi connectivity index (χ1n) is 10.2. The van der Waals surface area contributed by atoms with Gasteiger partial charge in [-0.25, -0.2) is 0 Å². The fourth-order valence-corrected chi connectivity index (χ4v) is 3.55. The number of hydrogen-bond acceptors (Lipinski definition) is 3. The van der Waals surface area contributed by atoms with Gasteiger partial charge in [-0.3, -0.25) is 4.99 Å². The van der Waals surface area contributed by atoms with Crippen molar-refractivity contribution in [2.75, 3.05) is 20.1 Å². The summed E-state index contributed by atoms with van der Waals surface area (Å²) in [4.78, 5) is 4.33. The molecule has 0 fully saturated rings. The van der Waals surface area contributed by atoms with E-state index in [0.29, 0.717) is 5.92 Å². The van der Waals surface area contributed by atoms with E-state index in [1.165, 1.54) is 30.7 Å². The van der Waals surface area contributed by atoms with Crippen molar-refractivity contribution < 1.29 is 0 Å². The van der Waals surface area contributed by atoms with Crippen LogP contribution >= 0.6 is 24.0 Å². The van der Waals surface area contributed by atoms with Crippen molar-refractivity contribution in [2.45, 2.75) is 57.9 Å². The van der Waals surface area contributed by atoms with Gasteiger partial charge in [0.15, 0.2) is 5.96 Å². The molecule has 6 nitrogen and oxygen atoms in total. The Morgan fingerprint density at radius 3 is 2.75 bits per heavy atom. The van der Waals surface area contributed by atoms with Crippen molar-refractivity contribution in [3.8, 4) is 0 Å². The summed E-state index contributed by atoms with van der Waals surface area (Å²) in [6.07, 6.45) is 6.83. The van der Waals surface area contributed by atoms with Gasteiger partial charge in [0, 0.05) is 39.5 Å². The maximum absolute atomic E-state index is 4.41. The molecule has 2 heterocycles. The SMILES string of the molecule is CN=C(NCCCc1nnc2n1CCCCC2)NCC(C)c1ccccc1.I. The fourth-order valence-electron chi connectivity index (χ4n) is 3.55. The third-order valence-corrected chi connectivity index (χ3v) is 5.22. The van der Waals surface area contributed by atoms with E-state index in [1.54, 1.807) is 0 Å². The number of benzene rings is 1. The molecule has 0 spiro atoms. The average molecular weight is 496 g/mol. The summed E-state index contributed by atoms with van der Waals surface area (Å²) in [5.74, 6) is 3.60. The van der Waals surface area contributed by atoms with E-state index in [1.807, 2.05) is 7.05 Å². The number of hydrogen-bond donors (Lipinski definition) is 2. The first-order chi connectivity index (χ1) is 13.3. The molecule has 0 saturated heterocycles. The lowest BCUT2D eigenvalue weighted by Gasteiger charge is -2.16. The summed E-state index contributed by atoms with van der Waals surface area (Å²) < 4.78 is 2.33. The molecule has 28 heavy (non-hydrogen) atoms. The van der Waals surface area contributed by atoms with Crippen molar-refractivity contribution in [1.29, 1.82) is 0 Å². The van der Waals surface area contributed by atoms with Crippen LogP contribution in [-0.2, 0) is 19.4 Å². The van der Waals surface area contributed by atoms with Crippen LogP contribution in [0.1, 0.15) is 55.7 Å². The molecule has 1 aliphatic heterocycles. The molecule has 0 bridgehead atoms. The molecule has 0 radical (unpaired) electrons. The molecule has 1 aliphatic rings. The largest absolute Gasteiger partial charge is 0.356 e. The van der Waals surface area contributed by atoms with Crippen LogP contribution in [-0.4, -0.2) is 40.9 Å². The van der Waals surface area contributed by atoms with Crippen LogP contribution in [0, 0.1) is 0 Å². The van der Waals surface area contributed by atoms with E-state index in [2.05, 4.69) is 67.6 Å². The normalized spacial score (nSPS) is 15.1. The highest BCUT2D eigenvalue weighted by atomic mass is 127. The molecule has 1 aromatic carbocycles. The van der Waals surface area contributed by atoms with E-state index in [4.69, 9.17) is 0 Å². The van der Waals surface area contributed by atoms with Crippen LogP contribution in [0.15, 0.2) is 35.3 Å². The van der Waals surface area contributed by atoms with Crippen molar-refractivity contribution in [3.05, 3.63) is 47.5 Å².